The van der Waals surface area contributed by atoms with Gasteiger partial charge in [0.1, 0.15) is 10.4 Å². The lowest BCUT2D eigenvalue weighted by Crippen LogP contribution is -2.22. The monoisotopic (exact) mass is 378 g/mol. The smallest absolute Gasteiger partial charge is 0.336 e. The van der Waals surface area contributed by atoms with Crippen molar-refractivity contribution in [2.75, 3.05) is 0 Å². The van der Waals surface area contributed by atoms with E-state index >= 15 is 0 Å². The van der Waals surface area contributed by atoms with Gasteiger partial charge in [0.15, 0.2) is 0 Å². The second-order valence-electron chi connectivity index (χ2n) is 7.24. The lowest BCUT2D eigenvalue weighted by molar-refractivity contribution is 0.557. The van der Waals surface area contributed by atoms with E-state index in [4.69, 9.17) is 4.42 Å². The molecule has 0 aliphatic heterocycles. The summed E-state index contributed by atoms with van der Waals surface area (Å²) in [7, 11) is 0. The Morgan fingerprint density at radius 3 is 2.81 bits per heavy atom. The number of fused-ring (bicyclic) bond motifs is 4. The number of hydrogen-bond acceptors (Lipinski definition) is 5. The Balaban J connectivity index is 1.70. The Morgan fingerprint density at radius 1 is 1.15 bits per heavy atom. The molecular weight excluding hydrogens is 360 g/mol. The van der Waals surface area contributed by atoms with Gasteiger partial charge in [0.25, 0.3) is 5.56 Å². The molecule has 0 fully saturated rings. The van der Waals surface area contributed by atoms with Gasteiger partial charge in [-0.15, -0.1) is 11.3 Å². The van der Waals surface area contributed by atoms with E-state index in [1.807, 2.05) is 26.0 Å². The maximum absolute atomic E-state index is 13.1. The molecule has 6 heteroatoms. The highest BCUT2D eigenvalue weighted by Gasteiger charge is 2.21. The van der Waals surface area contributed by atoms with Crippen molar-refractivity contribution in [2.45, 2.75) is 39.7 Å². The first-order valence-electron chi connectivity index (χ1n) is 9.05. The molecule has 0 atom stereocenters. The van der Waals surface area contributed by atoms with E-state index in [1.165, 1.54) is 16.5 Å². The van der Waals surface area contributed by atoms with Crippen LogP contribution in [0.4, 0.5) is 0 Å². The molecule has 0 bridgehead atoms. The molecule has 3 aromatic heterocycles. The Labute approximate surface area is 158 Å². The van der Waals surface area contributed by atoms with Crippen molar-refractivity contribution in [3.63, 3.8) is 0 Å². The van der Waals surface area contributed by atoms with E-state index in [0.29, 0.717) is 12.1 Å². The van der Waals surface area contributed by atoms with Crippen LogP contribution >= 0.6 is 11.3 Å². The van der Waals surface area contributed by atoms with Crippen LogP contribution in [0.15, 0.2) is 38.5 Å². The Bertz CT molecular complexity index is 1340. The van der Waals surface area contributed by atoms with Gasteiger partial charge in [0.05, 0.1) is 18.3 Å². The first-order chi connectivity index (χ1) is 13.0. The molecular formula is C21H18N2O3S. The summed E-state index contributed by atoms with van der Waals surface area (Å²) in [6.07, 6.45) is 4.69. The van der Waals surface area contributed by atoms with E-state index in [-0.39, 0.29) is 5.56 Å². The summed E-state index contributed by atoms with van der Waals surface area (Å²) in [4.78, 5) is 31.8. The maximum atomic E-state index is 13.1. The largest absolute Gasteiger partial charge is 0.423 e. The van der Waals surface area contributed by atoms with Gasteiger partial charge in [-0.1, -0.05) is 0 Å². The van der Waals surface area contributed by atoms with Crippen molar-refractivity contribution >= 4 is 32.5 Å². The van der Waals surface area contributed by atoms with Crippen molar-refractivity contribution in [3.05, 3.63) is 72.4 Å². The van der Waals surface area contributed by atoms with E-state index < -0.39 is 5.63 Å². The van der Waals surface area contributed by atoms with Crippen LogP contribution in [0.25, 0.3) is 21.2 Å². The van der Waals surface area contributed by atoms with Crippen LogP contribution in [-0.2, 0) is 19.4 Å². The predicted octanol–water partition coefficient (Wildman–Crippen LogP) is 3.72. The van der Waals surface area contributed by atoms with Crippen LogP contribution in [-0.4, -0.2) is 9.55 Å². The molecule has 1 aliphatic rings. The molecule has 1 aromatic carbocycles. The van der Waals surface area contributed by atoms with Crippen LogP contribution in [0.2, 0.25) is 0 Å². The number of benzene rings is 1. The molecule has 0 amide bonds. The van der Waals surface area contributed by atoms with Crippen molar-refractivity contribution in [3.8, 4) is 0 Å². The molecule has 0 radical (unpaired) electrons. The zero-order valence-electron chi connectivity index (χ0n) is 15.2. The molecule has 27 heavy (non-hydrogen) atoms. The second kappa shape index (κ2) is 5.89. The number of aromatic nitrogens is 2. The molecule has 3 heterocycles. The third-order valence-electron chi connectivity index (χ3n) is 5.48. The van der Waals surface area contributed by atoms with Crippen LogP contribution in [0, 0.1) is 13.8 Å². The Kier molecular flexibility index (Phi) is 3.59. The lowest BCUT2D eigenvalue weighted by Gasteiger charge is -2.10. The second-order valence-corrected chi connectivity index (χ2v) is 8.32. The molecule has 5 rings (SSSR count). The Hall–Kier alpha value is -2.73. The lowest BCUT2D eigenvalue weighted by atomic mass is 10.0. The number of rotatable bonds is 2. The third-order valence-corrected chi connectivity index (χ3v) is 6.68. The van der Waals surface area contributed by atoms with Gasteiger partial charge in [0.2, 0.25) is 0 Å². The SMILES string of the molecule is Cc1cc2oc(=O)cc(Cn3cnc4sc5c(c4c3=O)CCC5)c2cc1C. The molecule has 136 valence electrons. The topological polar surface area (TPSA) is 65.1 Å². The highest BCUT2D eigenvalue weighted by Crippen LogP contribution is 2.34. The highest BCUT2D eigenvalue weighted by molar-refractivity contribution is 7.18. The van der Waals surface area contributed by atoms with Crippen LogP contribution in [0.5, 0.6) is 0 Å². The average Bonchev–Trinajstić information content (AvgIpc) is 3.20. The summed E-state index contributed by atoms with van der Waals surface area (Å²) in [6, 6.07) is 5.37. The first kappa shape index (κ1) is 16.4. The van der Waals surface area contributed by atoms with Gasteiger partial charge in [-0.3, -0.25) is 9.36 Å². The summed E-state index contributed by atoms with van der Waals surface area (Å²) in [5, 5.41) is 1.62. The molecule has 5 nitrogen and oxygen atoms in total. The summed E-state index contributed by atoms with van der Waals surface area (Å²) in [6.45, 7) is 4.32. The van der Waals surface area contributed by atoms with Gasteiger partial charge in [-0.05, 0) is 67.5 Å². The van der Waals surface area contributed by atoms with Crippen LogP contribution in [0.3, 0.4) is 0 Å². The molecule has 0 unspecified atom stereocenters. The number of aryl methyl sites for hydroxylation is 4. The molecule has 0 saturated heterocycles. The van der Waals surface area contributed by atoms with E-state index in [1.54, 1.807) is 22.2 Å². The van der Waals surface area contributed by atoms with Gasteiger partial charge in [0, 0.05) is 16.3 Å². The average molecular weight is 378 g/mol. The normalized spacial score (nSPS) is 13.6. The summed E-state index contributed by atoms with van der Waals surface area (Å²) in [5.41, 5.74) is 4.26. The van der Waals surface area contributed by atoms with E-state index in [0.717, 1.165) is 51.6 Å². The van der Waals surface area contributed by atoms with Gasteiger partial charge < -0.3 is 4.42 Å². The van der Waals surface area contributed by atoms with Gasteiger partial charge >= 0.3 is 5.63 Å². The summed E-state index contributed by atoms with van der Waals surface area (Å²) >= 11 is 1.63. The van der Waals surface area contributed by atoms with Gasteiger partial charge in [-0.25, -0.2) is 9.78 Å². The molecule has 4 aromatic rings. The fraction of sp³-hybridized carbons (Fsp3) is 0.286. The van der Waals surface area contributed by atoms with Crippen LogP contribution < -0.4 is 11.2 Å². The summed E-state index contributed by atoms with van der Waals surface area (Å²) in [5.74, 6) is 0. The van der Waals surface area contributed by atoms with Crippen molar-refractivity contribution in [1.82, 2.24) is 9.55 Å². The number of hydrogen-bond donors (Lipinski definition) is 0. The zero-order valence-corrected chi connectivity index (χ0v) is 16.0. The quantitative estimate of drug-likeness (QED) is 0.499. The molecule has 1 aliphatic carbocycles. The maximum Gasteiger partial charge on any atom is 0.336 e. The Morgan fingerprint density at radius 2 is 1.96 bits per heavy atom. The van der Waals surface area contributed by atoms with Crippen molar-refractivity contribution < 1.29 is 4.42 Å². The zero-order chi connectivity index (χ0) is 18.7. The minimum atomic E-state index is -0.403. The fourth-order valence-electron chi connectivity index (χ4n) is 3.93. The standard InChI is InChI=1S/C21H18N2O3S/c1-11-6-15-13(8-18(24)26-16(15)7-12(11)2)9-23-10-22-20-19(21(23)25)14-4-3-5-17(14)27-20/h6-8,10H,3-5,9H2,1-2H3. The first-order valence-corrected chi connectivity index (χ1v) is 9.86. The minimum absolute atomic E-state index is 0.0235. The van der Waals surface area contributed by atoms with Crippen molar-refractivity contribution in [1.29, 1.82) is 0 Å². The van der Waals surface area contributed by atoms with Gasteiger partial charge in [-0.2, -0.15) is 0 Å². The third kappa shape index (κ3) is 2.55. The predicted molar refractivity (Wildman–Crippen MR) is 107 cm³/mol. The fourth-order valence-corrected chi connectivity index (χ4v) is 5.15. The molecule has 0 N–H and O–H groups in total. The number of nitrogens with zero attached hydrogens (tertiary/aromatic N) is 2. The van der Waals surface area contributed by atoms with E-state index in [9.17, 15) is 9.59 Å². The minimum Gasteiger partial charge on any atom is -0.423 e. The summed E-state index contributed by atoms with van der Waals surface area (Å²) < 4.78 is 6.98. The number of thiophene rings is 1. The van der Waals surface area contributed by atoms with Crippen LogP contribution in [0.1, 0.15) is 33.6 Å². The molecule has 0 spiro atoms. The van der Waals surface area contributed by atoms with E-state index in [2.05, 4.69) is 4.98 Å². The highest BCUT2D eigenvalue weighted by atomic mass is 32.1. The van der Waals surface area contributed by atoms with Crippen molar-refractivity contribution in [2.24, 2.45) is 0 Å². The molecule has 0 saturated carbocycles.